The summed E-state index contributed by atoms with van der Waals surface area (Å²) in [4.78, 5) is 0.405. The van der Waals surface area contributed by atoms with Gasteiger partial charge in [-0.15, -0.1) is 0 Å². The summed E-state index contributed by atoms with van der Waals surface area (Å²) in [6.07, 6.45) is 4.19. The number of rotatable bonds is 5. The minimum absolute atomic E-state index is 0.373. The van der Waals surface area contributed by atoms with E-state index in [1.165, 1.54) is 0 Å². The van der Waals surface area contributed by atoms with Crippen LogP contribution in [0.1, 0.15) is 31.4 Å². The van der Waals surface area contributed by atoms with Gasteiger partial charge in [-0.05, 0) is 37.5 Å². The molecule has 1 fully saturated rings. The normalized spacial score (nSPS) is 15.1. The van der Waals surface area contributed by atoms with Gasteiger partial charge in [-0.3, -0.25) is 0 Å². The number of hydrogen-bond donors (Lipinski definition) is 2. The van der Waals surface area contributed by atoms with Crippen LogP contribution in [-0.2, 0) is 4.74 Å². The zero-order valence-corrected chi connectivity index (χ0v) is 17.4. The lowest BCUT2D eigenvalue weighted by atomic mass is 10.0. The van der Waals surface area contributed by atoms with Crippen molar-refractivity contribution in [3.8, 4) is 11.1 Å². The van der Waals surface area contributed by atoms with Gasteiger partial charge in [0.1, 0.15) is 4.99 Å². The van der Waals surface area contributed by atoms with Crippen LogP contribution in [0.2, 0.25) is 5.02 Å². The number of nitrogens with one attached hydrogen (secondary N) is 1. The first-order valence-electron chi connectivity index (χ1n) is 9.65. The molecule has 6 heteroatoms. The van der Waals surface area contributed by atoms with Crippen molar-refractivity contribution in [2.45, 2.75) is 25.8 Å². The van der Waals surface area contributed by atoms with Gasteiger partial charge in [0.2, 0.25) is 0 Å². The van der Waals surface area contributed by atoms with Crippen LogP contribution in [0.25, 0.3) is 22.0 Å². The lowest BCUT2D eigenvalue weighted by Gasteiger charge is -2.25. The van der Waals surface area contributed by atoms with Crippen LogP contribution in [0.15, 0.2) is 42.6 Å². The van der Waals surface area contributed by atoms with E-state index in [4.69, 9.17) is 34.3 Å². The van der Waals surface area contributed by atoms with Crippen molar-refractivity contribution in [1.29, 1.82) is 0 Å². The number of halogens is 1. The number of anilines is 1. The molecule has 3 N–H and O–H groups in total. The Morgan fingerprint density at radius 3 is 2.79 bits per heavy atom. The lowest BCUT2D eigenvalue weighted by molar-refractivity contribution is 0.0707. The molecule has 2 heterocycles. The summed E-state index contributed by atoms with van der Waals surface area (Å²) in [5.74, 6) is 0. The van der Waals surface area contributed by atoms with Crippen molar-refractivity contribution in [3.63, 3.8) is 0 Å². The molecule has 0 amide bonds. The largest absolute Gasteiger partial charge is 0.389 e. The van der Waals surface area contributed by atoms with Crippen LogP contribution in [0.5, 0.6) is 0 Å². The first-order chi connectivity index (χ1) is 13.6. The minimum atomic E-state index is 0.373. The fourth-order valence-corrected chi connectivity index (χ4v) is 4.41. The van der Waals surface area contributed by atoms with Gasteiger partial charge in [-0.2, -0.15) is 0 Å². The third-order valence-electron chi connectivity index (χ3n) is 5.34. The van der Waals surface area contributed by atoms with Crippen LogP contribution < -0.4 is 11.1 Å². The molecule has 28 heavy (non-hydrogen) atoms. The molecular weight excluding hydrogens is 390 g/mol. The van der Waals surface area contributed by atoms with Crippen molar-refractivity contribution in [2.24, 2.45) is 5.73 Å². The Balaban J connectivity index is 1.93. The second-order valence-corrected chi connectivity index (χ2v) is 7.91. The predicted molar refractivity (Wildman–Crippen MR) is 122 cm³/mol. The first kappa shape index (κ1) is 19.2. The molecule has 0 unspecified atom stereocenters. The third kappa shape index (κ3) is 3.50. The summed E-state index contributed by atoms with van der Waals surface area (Å²) in [5, 5.41) is 5.27. The summed E-state index contributed by atoms with van der Waals surface area (Å²) in [6.45, 7) is 4.46. The summed E-state index contributed by atoms with van der Waals surface area (Å²) in [5.41, 5.74) is 11.0. The van der Waals surface area contributed by atoms with E-state index in [-0.39, 0.29) is 0 Å². The van der Waals surface area contributed by atoms with Crippen LogP contribution >= 0.6 is 23.8 Å². The molecule has 1 aliphatic heterocycles. The molecule has 1 aliphatic rings. The van der Waals surface area contributed by atoms with Crippen molar-refractivity contribution < 1.29 is 4.74 Å². The van der Waals surface area contributed by atoms with Crippen LogP contribution in [-0.4, -0.2) is 29.3 Å². The fraction of sp³-hybridized carbons (Fsp3) is 0.318. The molecule has 146 valence electrons. The van der Waals surface area contributed by atoms with Crippen LogP contribution in [0.4, 0.5) is 5.69 Å². The van der Waals surface area contributed by atoms with Crippen molar-refractivity contribution in [3.05, 3.63) is 53.2 Å². The highest BCUT2D eigenvalue weighted by Gasteiger charge is 2.22. The molecule has 0 bridgehead atoms. The molecule has 0 atom stereocenters. The maximum absolute atomic E-state index is 6.87. The predicted octanol–water partition coefficient (Wildman–Crippen LogP) is 5.38. The Labute approximate surface area is 175 Å². The Morgan fingerprint density at radius 1 is 1.29 bits per heavy atom. The molecule has 4 nitrogen and oxygen atoms in total. The average Bonchev–Trinajstić information content (AvgIpc) is 3.11. The number of fused-ring (bicyclic) bond motifs is 1. The van der Waals surface area contributed by atoms with Gasteiger partial charge in [0.05, 0.1) is 16.2 Å². The maximum Gasteiger partial charge on any atom is 0.104 e. The highest BCUT2D eigenvalue weighted by atomic mass is 35.5. The fourth-order valence-electron chi connectivity index (χ4n) is 3.96. The van der Waals surface area contributed by atoms with Gasteiger partial charge >= 0.3 is 0 Å². The Kier molecular flexibility index (Phi) is 5.58. The highest BCUT2D eigenvalue weighted by molar-refractivity contribution is 7.80. The number of nitrogens with zero attached hydrogens (tertiary/aromatic N) is 1. The van der Waals surface area contributed by atoms with E-state index >= 15 is 0 Å². The van der Waals surface area contributed by atoms with Gasteiger partial charge in [0.25, 0.3) is 0 Å². The number of thiocarbonyl (C=S) groups is 1. The topological polar surface area (TPSA) is 52.2 Å². The first-order valence-corrected chi connectivity index (χ1v) is 10.4. The van der Waals surface area contributed by atoms with E-state index in [0.717, 1.165) is 70.9 Å². The smallest absolute Gasteiger partial charge is 0.104 e. The quantitative estimate of drug-likeness (QED) is 0.551. The van der Waals surface area contributed by atoms with Gasteiger partial charge in [-0.1, -0.05) is 48.1 Å². The highest BCUT2D eigenvalue weighted by Crippen LogP contribution is 2.41. The zero-order chi connectivity index (χ0) is 19.7. The summed E-state index contributed by atoms with van der Waals surface area (Å²) < 4.78 is 7.91. The minimum Gasteiger partial charge on any atom is -0.389 e. The van der Waals surface area contributed by atoms with E-state index in [2.05, 4.69) is 47.3 Å². The number of ether oxygens (including phenoxy) is 1. The summed E-state index contributed by atoms with van der Waals surface area (Å²) >= 11 is 12.0. The number of nitrogens with two attached hydrogens (primary N) is 1. The lowest BCUT2D eigenvalue weighted by Crippen LogP contribution is -2.19. The van der Waals surface area contributed by atoms with Crippen LogP contribution in [0, 0.1) is 0 Å². The molecule has 0 spiro atoms. The maximum atomic E-state index is 6.87. The zero-order valence-electron chi connectivity index (χ0n) is 15.9. The molecule has 3 aromatic rings. The SMILES string of the molecule is CCNc1ccc2c(-c3cccc(C(N)=S)c3)cn(C3CCOCC3)c2c1Cl. The summed E-state index contributed by atoms with van der Waals surface area (Å²) in [6, 6.07) is 12.7. The van der Waals surface area contributed by atoms with Crippen molar-refractivity contribution >= 4 is 45.4 Å². The summed E-state index contributed by atoms with van der Waals surface area (Å²) in [7, 11) is 0. The van der Waals surface area contributed by atoms with E-state index in [1.54, 1.807) is 0 Å². The third-order valence-corrected chi connectivity index (χ3v) is 5.96. The second-order valence-electron chi connectivity index (χ2n) is 7.09. The Bertz CT molecular complexity index is 1020. The number of hydrogen-bond acceptors (Lipinski definition) is 3. The average molecular weight is 414 g/mol. The molecule has 0 aliphatic carbocycles. The van der Waals surface area contributed by atoms with Gasteiger partial charge < -0.3 is 20.4 Å². The van der Waals surface area contributed by atoms with Crippen molar-refractivity contribution in [2.75, 3.05) is 25.1 Å². The van der Waals surface area contributed by atoms with E-state index < -0.39 is 0 Å². The van der Waals surface area contributed by atoms with Crippen LogP contribution in [0.3, 0.4) is 0 Å². The number of benzene rings is 2. The molecule has 4 rings (SSSR count). The van der Waals surface area contributed by atoms with Gasteiger partial charge in [-0.25, -0.2) is 0 Å². The molecule has 1 aromatic heterocycles. The molecule has 1 saturated heterocycles. The Hall–Kier alpha value is -2.08. The van der Waals surface area contributed by atoms with E-state index in [1.807, 2.05) is 12.1 Å². The van der Waals surface area contributed by atoms with Crippen molar-refractivity contribution in [1.82, 2.24) is 4.57 Å². The second kappa shape index (κ2) is 8.11. The number of aromatic nitrogens is 1. The Morgan fingerprint density at radius 2 is 2.07 bits per heavy atom. The standard InChI is InChI=1S/C22H24ClN3OS/c1-2-25-19-7-6-17-18(14-4-3-5-15(12-14)22(24)28)13-26(21(17)20(19)23)16-8-10-27-11-9-16/h3-7,12-13,16,25H,2,8-11H2,1H3,(H2,24,28). The monoisotopic (exact) mass is 413 g/mol. The molecule has 0 radical (unpaired) electrons. The molecule has 0 saturated carbocycles. The van der Waals surface area contributed by atoms with E-state index in [0.29, 0.717) is 11.0 Å². The van der Waals surface area contributed by atoms with Gasteiger partial charge in [0.15, 0.2) is 0 Å². The molecule has 2 aromatic carbocycles. The van der Waals surface area contributed by atoms with E-state index in [9.17, 15) is 0 Å². The van der Waals surface area contributed by atoms with Gasteiger partial charge in [0, 0.05) is 48.5 Å². The molecular formula is C22H24ClN3OS.